The van der Waals surface area contributed by atoms with Crippen LogP contribution in [0.2, 0.25) is 0 Å². The van der Waals surface area contributed by atoms with Crippen LogP contribution in [0.4, 0.5) is 4.79 Å². The number of carbonyl (C=O) groups excluding carboxylic acids is 2. The Morgan fingerprint density at radius 2 is 1.78 bits per heavy atom. The van der Waals surface area contributed by atoms with Gasteiger partial charge in [0.1, 0.15) is 0 Å². The Labute approximate surface area is 138 Å². The number of hydrogen-bond acceptors (Lipinski definition) is 3. The van der Waals surface area contributed by atoms with Gasteiger partial charge in [0.2, 0.25) is 5.91 Å². The van der Waals surface area contributed by atoms with E-state index in [0.717, 1.165) is 45.3 Å². The molecule has 3 heterocycles. The minimum Gasteiger partial charge on any atom is -0.336 e. The predicted molar refractivity (Wildman–Crippen MR) is 87.1 cm³/mol. The molecule has 0 aromatic rings. The molecule has 3 aliphatic heterocycles. The van der Waals surface area contributed by atoms with Crippen LogP contribution in [0.25, 0.3) is 0 Å². The van der Waals surface area contributed by atoms with Crippen molar-refractivity contribution < 1.29 is 9.59 Å². The number of rotatable bonds is 4. The second-order valence-corrected chi connectivity index (χ2v) is 7.52. The lowest BCUT2D eigenvalue weighted by Gasteiger charge is -2.40. The van der Waals surface area contributed by atoms with E-state index < -0.39 is 0 Å². The Hall–Kier alpha value is -1.30. The molecule has 4 rings (SSSR count). The fourth-order valence-electron chi connectivity index (χ4n) is 4.43. The first-order valence-electron chi connectivity index (χ1n) is 9.31. The van der Waals surface area contributed by atoms with Crippen LogP contribution in [0.1, 0.15) is 44.9 Å². The van der Waals surface area contributed by atoms with E-state index in [0.29, 0.717) is 12.5 Å². The molecular formula is C17H28N4O2. The van der Waals surface area contributed by atoms with E-state index in [1.165, 1.54) is 25.9 Å². The van der Waals surface area contributed by atoms with Crippen LogP contribution in [0.3, 0.4) is 0 Å². The Kier molecular flexibility index (Phi) is 4.18. The second kappa shape index (κ2) is 6.30. The molecule has 128 valence electrons. The van der Waals surface area contributed by atoms with Crippen LogP contribution >= 0.6 is 0 Å². The topological polar surface area (TPSA) is 55.9 Å². The molecule has 3 amide bonds. The Bertz CT molecular complexity index is 473. The van der Waals surface area contributed by atoms with Crippen molar-refractivity contribution >= 4 is 11.9 Å². The number of amides is 3. The Morgan fingerprint density at radius 1 is 1.00 bits per heavy atom. The monoisotopic (exact) mass is 320 g/mol. The summed E-state index contributed by atoms with van der Waals surface area (Å²) >= 11 is 0. The second-order valence-electron chi connectivity index (χ2n) is 7.52. The summed E-state index contributed by atoms with van der Waals surface area (Å²) in [5, 5.41) is 3.11. The van der Waals surface area contributed by atoms with Gasteiger partial charge in [-0.3, -0.25) is 4.79 Å². The third-order valence-electron chi connectivity index (χ3n) is 5.91. The van der Waals surface area contributed by atoms with Crippen LogP contribution in [-0.4, -0.2) is 77.5 Å². The minimum absolute atomic E-state index is 0.0915. The number of nitrogens with zero attached hydrogens (tertiary/aromatic N) is 3. The maximum Gasteiger partial charge on any atom is 0.317 e. The van der Waals surface area contributed by atoms with Gasteiger partial charge in [0.15, 0.2) is 0 Å². The quantitative estimate of drug-likeness (QED) is 0.841. The molecule has 1 N–H and O–H groups in total. The number of hydrogen-bond donors (Lipinski definition) is 1. The first kappa shape index (κ1) is 15.2. The number of fused-ring (bicyclic) bond motifs is 1. The number of likely N-dealkylation sites (tertiary alicyclic amines) is 3. The third-order valence-corrected chi connectivity index (χ3v) is 5.91. The predicted octanol–water partition coefficient (Wildman–Crippen LogP) is 1.02. The maximum atomic E-state index is 12.4. The zero-order valence-corrected chi connectivity index (χ0v) is 13.9. The lowest BCUT2D eigenvalue weighted by atomic mass is 9.96. The molecule has 0 aromatic carbocycles. The van der Waals surface area contributed by atoms with E-state index in [1.807, 2.05) is 4.90 Å². The molecule has 0 radical (unpaired) electrons. The third kappa shape index (κ3) is 3.18. The first-order chi connectivity index (χ1) is 11.2. The van der Waals surface area contributed by atoms with Crippen molar-refractivity contribution in [3.05, 3.63) is 0 Å². The average molecular weight is 320 g/mol. The highest BCUT2D eigenvalue weighted by Gasteiger charge is 2.45. The SMILES string of the molecule is O=C1CC[C@@H]2[C@@H](CCN2C(=O)NC2CC2)N1CCN1CCCC1. The van der Waals surface area contributed by atoms with Crippen LogP contribution in [-0.2, 0) is 4.79 Å². The molecule has 0 bridgehead atoms. The summed E-state index contributed by atoms with van der Waals surface area (Å²) in [5.74, 6) is 0.287. The van der Waals surface area contributed by atoms with E-state index in [4.69, 9.17) is 0 Å². The fraction of sp³-hybridized carbons (Fsp3) is 0.882. The normalized spacial score (nSPS) is 31.6. The minimum atomic E-state index is 0.0915. The molecule has 1 saturated carbocycles. The van der Waals surface area contributed by atoms with Crippen molar-refractivity contribution in [1.29, 1.82) is 0 Å². The molecular weight excluding hydrogens is 292 g/mol. The van der Waals surface area contributed by atoms with Gasteiger partial charge in [0.05, 0.1) is 12.1 Å². The van der Waals surface area contributed by atoms with Gasteiger partial charge in [-0.2, -0.15) is 0 Å². The van der Waals surface area contributed by atoms with Gasteiger partial charge >= 0.3 is 6.03 Å². The molecule has 4 aliphatic rings. The summed E-state index contributed by atoms with van der Waals surface area (Å²) in [7, 11) is 0. The Morgan fingerprint density at radius 3 is 2.52 bits per heavy atom. The van der Waals surface area contributed by atoms with Gasteiger partial charge in [-0.15, -0.1) is 0 Å². The van der Waals surface area contributed by atoms with Crippen molar-refractivity contribution in [1.82, 2.24) is 20.0 Å². The Balaban J connectivity index is 1.37. The molecule has 6 nitrogen and oxygen atoms in total. The number of piperidine rings is 1. The molecule has 23 heavy (non-hydrogen) atoms. The maximum absolute atomic E-state index is 12.4. The molecule has 6 heteroatoms. The van der Waals surface area contributed by atoms with Crippen molar-refractivity contribution in [3.8, 4) is 0 Å². The highest BCUT2D eigenvalue weighted by Crippen LogP contribution is 2.32. The molecule has 1 aliphatic carbocycles. The summed E-state index contributed by atoms with van der Waals surface area (Å²) in [6.07, 6.45) is 7.18. The number of urea groups is 1. The smallest absolute Gasteiger partial charge is 0.317 e. The van der Waals surface area contributed by atoms with Crippen molar-refractivity contribution in [3.63, 3.8) is 0 Å². The standard InChI is InChI=1S/C17H28N4O2/c22-16-6-5-14-15(20(16)12-11-19-8-1-2-9-19)7-10-21(14)17(23)18-13-3-4-13/h13-15H,1-12H2,(H,18,23)/t14-,15-/m1/s1. The highest BCUT2D eigenvalue weighted by molar-refractivity contribution is 5.80. The van der Waals surface area contributed by atoms with Gasteiger partial charge in [-0.05, 0) is 51.6 Å². The zero-order valence-electron chi connectivity index (χ0n) is 13.9. The molecule has 0 spiro atoms. The van der Waals surface area contributed by atoms with E-state index in [-0.39, 0.29) is 24.0 Å². The van der Waals surface area contributed by atoms with Crippen LogP contribution < -0.4 is 5.32 Å². The van der Waals surface area contributed by atoms with Crippen LogP contribution in [0.15, 0.2) is 0 Å². The van der Waals surface area contributed by atoms with Crippen molar-refractivity contribution in [2.24, 2.45) is 0 Å². The van der Waals surface area contributed by atoms with E-state index in [1.54, 1.807) is 0 Å². The molecule has 2 atom stereocenters. The summed E-state index contributed by atoms with van der Waals surface area (Å²) < 4.78 is 0. The lowest BCUT2D eigenvalue weighted by molar-refractivity contribution is -0.137. The van der Waals surface area contributed by atoms with Gasteiger partial charge in [-0.25, -0.2) is 4.79 Å². The van der Waals surface area contributed by atoms with Gasteiger partial charge in [0, 0.05) is 32.1 Å². The zero-order chi connectivity index (χ0) is 15.8. The van der Waals surface area contributed by atoms with Gasteiger partial charge < -0.3 is 20.0 Å². The van der Waals surface area contributed by atoms with Crippen LogP contribution in [0.5, 0.6) is 0 Å². The first-order valence-corrected chi connectivity index (χ1v) is 9.31. The molecule has 0 aromatic heterocycles. The highest BCUT2D eigenvalue weighted by atomic mass is 16.2. The number of carbonyl (C=O) groups is 2. The summed E-state index contributed by atoms with van der Waals surface area (Å²) in [6, 6.07) is 0.959. The van der Waals surface area contributed by atoms with Crippen molar-refractivity contribution in [2.45, 2.75) is 63.1 Å². The molecule has 3 saturated heterocycles. The summed E-state index contributed by atoms with van der Waals surface area (Å²) in [4.78, 5) is 31.3. The largest absolute Gasteiger partial charge is 0.336 e. The van der Waals surface area contributed by atoms with Crippen LogP contribution in [0, 0.1) is 0 Å². The average Bonchev–Trinajstić information content (AvgIpc) is 3.03. The summed E-state index contributed by atoms with van der Waals surface area (Å²) in [5.41, 5.74) is 0. The molecule has 0 unspecified atom stereocenters. The van der Waals surface area contributed by atoms with Gasteiger partial charge in [0.25, 0.3) is 0 Å². The molecule has 4 fully saturated rings. The van der Waals surface area contributed by atoms with E-state index >= 15 is 0 Å². The number of nitrogens with one attached hydrogen (secondary N) is 1. The van der Waals surface area contributed by atoms with E-state index in [9.17, 15) is 9.59 Å². The lowest BCUT2D eigenvalue weighted by Crippen LogP contribution is -2.56. The summed E-state index contributed by atoms with van der Waals surface area (Å²) in [6.45, 7) is 4.96. The van der Waals surface area contributed by atoms with E-state index in [2.05, 4.69) is 15.1 Å². The fourth-order valence-corrected chi connectivity index (χ4v) is 4.43. The van der Waals surface area contributed by atoms with Gasteiger partial charge in [-0.1, -0.05) is 0 Å². The van der Waals surface area contributed by atoms with Crippen molar-refractivity contribution in [2.75, 3.05) is 32.7 Å².